The Morgan fingerprint density at radius 3 is 2.85 bits per heavy atom. The van der Waals surface area contributed by atoms with E-state index in [0.717, 1.165) is 30.8 Å². The summed E-state index contributed by atoms with van der Waals surface area (Å²) in [6.45, 7) is 5.26. The van der Waals surface area contributed by atoms with Gasteiger partial charge >= 0.3 is 5.97 Å². The molecule has 20 heavy (non-hydrogen) atoms. The van der Waals surface area contributed by atoms with Crippen molar-refractivity contribution in [2.45, 2.75) is 44.6 Å². The van der Waals surface area contributed by atoms with Crippen LogP contribution in [0.4, 0.5) is 0 Å². The molecule has 0 amide bonds. The molecule has 0 spiro atoms. The highest BCUT2D eigenvalue weighted by Gasteiger charge is 2.28. The van der Waals surface area contributed by atoms with E-state index in [4.69, 9.17) is 14.6 Å². The molecule has 1 aliphatic heterocycles. The summed E-state index contributed by atoms with van der Waals surface area (Å²) in [5.74, 6) is -0.0277. The maximum atomic E-state index is 11.0. The smallest absolute Gasteiger partial charge is 0.304 e. The van der Waals surface area contributed by atoms with Crippen LogP contribution in [0.1, 0.15) is 38.7 Å². The van der Waals surface area contributed by atoms with Crippen LogP contribution in [0, 0.1) is 0 Å². The van der Waals surface area contributed by atoms with Crippen LogP contribution in [0.3, 0.4) is 0 Å². The first-order valence-electron chi connectivity index (χ1n) is 7.05. The number of aliphatic carboxylic acids is 1. The highest BCUT2D eigenvalue weighted by Crippen LogP contribution is 2.35. The van der Waals surface area contributed by atoms with Gasteiger partial charge in [-0.05, 0) is 18.9 Å². The molecule has 1 fully saturated rings. The van der Waals surface area contributed by atoms with E-state index in [9.17, 15) is 4.79 Å². The summed E-state index contributed by atoms with van der Waals surface area (Å²) in [6.07, 6.45) is 2.12. The molecular weight excluding hydrogens is 256 g/mol. The molecule has 4 heteroatoms. The van der Waals surface area contributed by atoms with E-state index in [1.165, 1.54) is 0 Å². The molecule has 0 aromatic heterocycles. The number of para-hydroxylation sites is 1. The molecule has 1 N–H and O–H groups in total. The second-order valence-corrected chi connectivity index (χ2v) is 5.91. The minimum atomic E-state index is -0.800. The van der Waals surface area contributed by atoms with Gasteiger partial charge < -0.3 is 14.6 Å². The molecule has 0 aliphatic carbocycles. The van der Waals surface area contributed by atoms with E-state index >= 15 is 0 Å². The van der Waals surface area contributed by atoms with E-state index in [1.807, 2.05) is 38.1 Å². The molecule has 0 saturated carbocycles. The van der Waals surface area contributed by atoms with E-state index in [2.05, 4.69) is 0 Å². The van der Waals surface area contributed by atoms with Crippen molar-refractivity contribution >= 4 is 5.97 Å². The van der Waals surface area contributed by atoms with Gasteiger partial charge in [0.2, 0.25) is 0 Å². The van der Waals surface area contributed by atoms with Gasteiger partial charge in [0.15, 0.2) is 0 Å². The number of carboxylic acid groups (broad SMARTS) is 1. The van der Waals surface area contributed by atoms with Gasteiger partial charge in [0.25, 0.3) is 0 Å². The zero-order valence-corrected chi connectivity index (χ0v) is 12.1. The summed E-state index contributed by atoms with van der Waals surface area (Å²) in [5.41, 5.74) is 0.478. The van der Waals surface area contributed by atoms with Crippen LogP contribution < -0.4 is 4.74 Å². The number of benzene rings is 1. The molecule has 4 nitrogen and oxygen atoms in total. The first-order chi connectivity index (χ1) is 9.49. The highest BCUT2D eigenvalue weighted by molar-refractivity contribution is 5.69. The van der Waals surface area contributed by atoms with E-state index in [1.54, 1.807) is 0 Å². The Kier molecular flexibility index (Phi) is 4.65. The lowest BCUT2D eigenvalue weighted by atomic mass is 9.81. The van der Waals surface area contributed by atoms with Crippen molar-refractivity contribution in [1.82, 2.24) is 0 Å². The number of hydrogen-bond donors (Lipinski definition) is 1. The van der Waals surface area contributed by atoms with Gasteiger partial charge in [0, 0.05) is 17.6 Å². The lowest BCUT2D eigenvalue weighted by Gasteiger charge is -2.29. The van der Waals surface area contributed by atoms with E-state index in [-0.39, 0.29) is 12.5 Å². The molecular formula is C16H22O4. The molecule has 0 bridgehead atoms. The number of hydrogen-bond acceptors (Lipinski definition) is 3. The van der Waals surface area contributed by atoms with Gasteiger partial charge in [-0.15, -0.1) is 0 Å². The number of carbonyl (C=O) groups is 1. The number of rotatable bonds is 5. The van der Waals surface area contributed by atoms with Crippen LogP contribution in [0.25, 0.3) is 0 Å². The minimum Gasteiger partial charge on any atom is -0.488 e. The Balaban J connectivity index is 2.18. The van der Waals surface area contributed by atoms with E-state index < -0.39 is 11.4 Å². The fourth-order valence-corrected chi connectivity index (χ4v) is 2.59. The van der Waals surface area contributed by atoms with Gasteiger partial charge in [-0.1, -0.05) is 32.0 Å². The van der Waals surface area contributed by atoms with Gasteiger partial charge in [0.05, 0.1) is 13.0 Å². The molecule has 110 valence electrons. The maximum Gasteiger partial charge on any atom is 0.304 e. The molecule has 1 aromatic carbocycles. The first kappa shape index (κ1) is 14.9. The van der Waals surface area contributed by atoms with Crippen molar-refractivity contribution in [3.63, 3.8) is 0 Å². The van der Waals surface area contributed by atoms with Crippen LogP contribution in [0.5, 0.6) is 5.75 Å². The maximum absolute atomic E-state index is 11.0. The quantitative estimate of drug-likeness (QED) is 0.899. The zero-order valence-electron chi connectivity index (χ0n) is 12.1. The molecule has 1 heterocycles. The number of ether oxygens (including phenoxy) is 2. The van der Waals surface area contributed by atoms with Crippen LogP contribution in [0.2, 0.25) is 0 Å². The topological polar surface area (TPSA) is 55.8 Å². The second kappa shape index (κ2) is 6.27. The molecule has 0 radical (unpaired) electrons. The fourth-order valence-electron chi connectivity index (χ4n) is 2.59. The Labute approximate surface area is 119 Å². The Hall–Kier alpha value is -1.55. The summed E-state index contributed by atoms with van der Waals surface area (Å²) in [4.78, 5) is 11.0. The lowest BCUT2D eigenvalue weighted by Crippen LogP contribution is -2.30. The van der Waals surface area contributed by atoms with Gasteiger partial charge in [0.1, 0.15) is 11.9 Å². The third-order valence-electron chi connectivity index (χ3n) is 3.62. The van der Waals surface area contributed by atoms with Crippen molar-refractivity contribution in [2.24, 2.45) is 0 Å². The first-order valence-corrected chi connectivity index (χ1v) is 7.05. The summed E-state index contributed by atoms with van der Waals surface area (Å²) >= 11 is 0. The third-order valence-corrected chi connectivity index (χ3v) is 3.62. The molecule has 2 rings (SSSR count). The highest BCUT2D eigenvalue weighted by atomic mass is 16.5. The number of carboxylic acids is 1. The Bertz CT molecular complexity index is 461. The van der Waals surface area contributed by atoms with Crippen molar-refractivity contribution < 1.29 is 19.4 Å². The molecule has 1 aliphatic rings. The molecule has 1 aromatic rings. The van der Waals surface area contributed by atoms with Crippen LogP contribution in [0.15, 0.2) is 24.3 Å². The predicted octanol–water partition coefficient (Wildman–Crippen LogP) is 3.00. The normalized spacial score (nSPS) is 19.6. The van der Waals surface area contributed by atoms with Gasteiger partial charge in [-0.3, -0.25) is 4.79 Å². The predicted molar refractivity (Wildman–Crippen MR) is 76.2 cm³/mol. The molecule has 1 saturated heterocycles. The van der Waals surface area contributed by atoms with Crippen molar-refractivity contribution in [3.05, 3.63) is 29.8 Å². The van der Waals surface area contributed by atoms with Gasteiger partial charge in [-0.2, -0.15) is 0 Å². The molecule has 1 atom stereocenters. The summed E-state index contributed by atoms with van der Waals surface area (Å²) in [5, 5.41) is 9.06. The van der Waals surface area contributed by atoms with Crippen LogP contribution in [-0.4, -0.2) is 30.4 Å². The standard InChI is InChI=1S/C16H22O4/c1-16(2,10-15(17)18)13-7-3-4-8-14(13)20-12-6-5-9-19-11-12/h3-4,7-8,12H,5-6,9-11H2,1-2H3,(H,17,18). The average Bonchev–Trinajstić information content (AvgIpc) is 2.39. The monoisotopic (exact) mass is 278 g/mol. The summed E-state index contributed by atoms with van der Waals surface area (Å²) < 4.78 is 11.5. The third kappa shape index (κ3) is 3.73. The summed E-state index contributed by atoms with van der Waals surface area (Å²) in [6, 6.07) is 7.69. The van der Waals surface area contributed by atoms with Crippen LogP contribution in [-0.2, 0) is 14.9 Å². The van der Waals surface area contributed by atoms with Crippen molar-refractivity contribution in [1.29, 1.82) is 0 Å². The largest absolute Gasteiger partial charge is 0.488 e. The summed E-state index contributed by atoms with van der Waals surface area (Å²) in [7, 11) is 0. The van der Waals surface area contributed by atoms with E-state index in [0.29, 0.717) is 6.61 Å². The van der Waals surface area contributed by atoms with Crippen LogP contribution >= 0.6 is 0 Å². The van der Waals surface area contributed by atoms with Crippen molar-refractivity contribution in [3.8, 4) is 5.75 Å². The Morgan fingerprint density at radius 2 is 2.20 bits per heavy atom. The average molecular weight is 278 g/mol. The SMILES string of the molecule is CC(C)(CC(=O)O)c1ccccc1OC1CCCOC1. The fraction of sp³-hybridized carbons (Fsp3) is 0.562. The zero-order chi connectivity index (χ0) is 14.6. The van der Waals surface area contributed by atoms with Crippen molar-refractivity contribution in [2.75, 3.05) is 13.2 Å². The minimum absolute atomic E-state index is 0.0607. The second-order valence-electron chi connectivity index (χ2n) is 5.91. The molecule has 1 unspecified atom stereocenters. The lowest BCUT2D eigenvalue weighted by molar-refractivity contribution is -0.138. The Morgan fingerprint density at radius 1 is 1.45 bits per heavy atom. The van der Waals surface area contributed by atoms with Gasteiger partial charge in [-0.25, -0.2) is 0 Å².